The number of rotatable bonds is 11. The minimum Gasteiger partial charge on any atom is -0.494 e. The number of anilines is 4. The van der Waals surface area contributed by atoms with Crippen molar-refractivity contribution in [2.24, 2.45) is 0 Å². The first-order valence-electron chi connectivity index (χ1n) is 13.9. The SMILES string of the molecule is [2H]C([2H])([2H])N(C)CCN(C)c1cc(OC)c(Nc2nccc(-n3c(=O)n(CC)c4ccccc43)n2)cc1NC(=O)C=C. The number of likely N-dealkylation sites (N-methyl/N-ethyl adjacent to an activating group) is 2. The molecule has 0 radical (unpaired) electrons. The summed E-state index contributed by atoms with van der Waals surface area (Å²) in [5.74, 6) is 0.582. The third kappa shape index (κ3) is 5.78. The molecule has 0 saturated heterocycles. The minimum absolute atomic E-state index is 0.201. The number of hydrogen-bond donors (Lipinski definition) is 2. The molecular formula is C28H34N8O3. The molecule has 2 aromatic carbocycles. The van der Waals surface area contributed by atoms with Crippen LogP contribution in [0.4, 0.5) is 23.0 Å². The Balaban J connectivity index is 1.71. The van der Waals surface area contributed by atoms with Crippen LogP contribution in [0, 0.1) is 0 Å². The van der Waals surface area contributed by atoms with Crippen LogP contribution < -0.4 is 26.0 Å². The van der Waals surface area contributed by atoms with Gasteiger partial charge in [0.05, 0.1) is 35.2 Å². The molecule has 11 nitrogen and oxygen atoms in total. The molecule has 2 N–H and O–H groups in total. The molecule has 0 atom stereocenters. The molecule has 0 unspecified atom stereocenters. The Morgan fingerprint density at radius 1 is 1.18 bits per heavy atom. The maximum absolute atomic E-state index is 13.3. The van der Waals surface area contributed by atoms with E-state index in [0.717, 1.165) is 17.1 Å². The van der Waals surface area contributed by atoms with Crippen LogP contribution in [0.2, 0.25) is 0 Å². The molecule has 0 spiro atoms. The van der Waals surface area contributed by atoms with Crippen LogP contribution >= 0.6 is 0 Å². The molecule has 2 heterocycles. The van der Waals surface area contributed by atoms with E-state index in [2.05, 4.69) is 27.2 Å². The van der Waals surface area contributed by atoms with Gasteiger partial charge in [-0.25, -0.2) is 14.3 Å². The van der Waals surface area contributed by atoms with Crippen molar-refractivity contribution < 1.29 is 13.6 Å². The van der Waals surface area contributed by atoms with Gasteiger partial charge in [0.1, 0.15) is 11.6 Å². The van der Waals surface area contributed by atoms with Crippen LogP contribution in [0.3, 0.4) is 0 Å². The van der Waals surface area contributed by atoms with Gasteiger partial charge in [-0.05, 0) is 45.2 Å². The van der Waals surface area contributed by atoms with Crippen molar-refractivity contribution in [2.75, 3.05) is 56.8 Å². The largest absolute Gasteiger partial charge is 0.494 e. The number of fused-ring (bicyclic) bond motifs is 1. The van der Waals surface area contributed by atoms with E-state index in [1.165, 1.54) is 23.6 Å². The van der Waals surface area contributed by atoms with Crippen LogP contribution in [-0.4, -0.2) is 71.2 Å². The molecule has 1 amide bonds. The Morgan fingerprint density at radius 3 is 2.64 bits per heavy atom. The van der Waals surface area contributed by atoms with Crippen molar-refractivity contribution in [1.29, 1.82) is 0 Å². The Hall–Kier alpha value is -4.64. The number of carbonyl (C=O) groups is 1. The van der Waals surface area contributed by atoms with Gasteiger partial charge in [-0.1, -0.05) is 18.7 Å². The number of nitrogens with one attached hydrogen (secondary N) is 2. The zero-order chi connectivity index (χ0) is 30.6. The van der Waals surface area contributed by atoms with Gasteiger partial charge in [0.2, 0.25) is 11.9 Å². The Bertz CT molecular complexity index is 1660. The third-order valence-electron chi connectivity index (χ3n) is 6.21. The zero-order valence-corrected chi connectivity index (χ0v) is 22.4. The van der Waals surface area contributed by atoms with Gasteiger partial charge in [0.25, 0.3) is 0 Å². The number of imidazole rings is 1. The maximum atomic E-state index is 13.3. The third-order valence-corrected chi connectivity index (χ3v) is 6.21. The summed E-state index contributed by atoms with van der Waals surface area (Å²) in [5, 5.41) is 5.94. The first-order chi connectivity index (χ1) is 20.0. The van der Waals surface area contributed by atoms with E-state index in [0.29, 0.717) is 41.7 Å². The molecule has 11 heteroatoms. The van der Waals surface area contributed by atoms with Gasteiger partial charge in [-0.15, -0.1) is 0 Å². The van der Waals surface area contributed by atoms with Crippen molar-refractivity contribution in [3.05, 3.63) is 71.8 Å². The molecule has 0 bridgehead atoms. The highest BCUT2D eigenvalue weighted by Crippen LogP contribution is 2.38. The van der Waals surface area contributed by atoms with Crippen molar-refractivity contribution in [2.45, 2.75) is 13.5 Å². The highest BCUT2D eigenvalue weighted by Gasteiger charge is 2.18. The number of aromatic nitrogens is 4. The summed E-state index contributed by atoms with van der Waals surface area (Å²) in [6.07, 6.45) is 2.70. The molecule has 4 rings (SSSR count). The molecule has 0 fully saturated rings. The predicted molar refractivity (Wildman–Crippen MR) is 156 cm³/mol. The van der Waals surface area contributed by atoms with Crippen molar-refractivity contribution in [3.8, 4) is 11.6 Å². The molecule has 2 aromatic heterocycles. The quantitative estimate of drug-likeness (QED) is 0.282. The standard InChI is InChI=1S/C28H34N8O3/c1-7-26(37)30-19-17-20(24(39-6)18-23(19)34(5)16-15-33(3)4)31-27-29-14-13-25(32-27)36-22-12-10-9-11-21(22)35(8-2)28(36)38/h7,9-14,17-18H,1,8,15-16H2,2-6H3,(H,30,37)(H,29,31,32)/i3D3. The van der Waals surface area contributed by atoms with E-state index in [9.17, 15) is 9.59 Å². The van der Waals surface area contributed by atoms with Crippen molar-refractivity contribution in [1.82, 2.24) is 24.0 Å². The fourth-order valence-corrected chi connectivity index (χ4v) is 4.25. The highest BCUT2D eigenvalue weighted by atomic mass is 16.5. The lowest BCUT2D eigenvalue weighted by Crippen LogP contribution is -2.29. The van der Waals surface area contributed by atoms with E-state index in [-0.39, 0.29) is 18.2 Å². The van der Waals surface area contributed by atoms with E-state index in [4.69, 9.17) is 8.85 Å². The predicted octanol–water partition coefficient (Wildman–Crippen LogP) is 3.48. The topological polar surface area (TPSA) is 110 Å². The van der Waals surface area contributed by atoms with Gasteiger partial charge in [-0.3, -0.25) is 9.36 Å². The van der Waals surface area contributed by atoms with Crippen LogP contribution in [-0.2, 0) is 11.3 Å². The first-order valence-corrected chi connectivity index (χ1v) is 12.4. The second-order valence-electron chi connectivity index (χ2n) is 8.82. The van der Waals surface area contributed by atoms with E-state index < -0.39 is 12.9 Å². The number of para-hydroxylation sites is 2. The molecular weight excluding hydrogens is 496 g/mol. The van der Waals surface area contributed by atoms with Crippen LogP contribution in [0.5, 0.6) is 5.75 Å². The number of hydrogen-bond acceptors (Lipinski definition) is 8. The lowest BCUT2D eigenvalue weighted by atomic mass is 10.2. The first kappa shape index (κ1) is 23.5. The molecule has 0 aliphatic heterocycles. The fraction of sp³-hybridized carbons (Fsp3) is 0.286. The smallest absolute Gasteiger partial charge is 0.334 e. The lowest BCUT2D eigenvalue weighted by molar-refractivity contribution is -0.111. The summed E-state index contributed by atoms with van der Waals surface area (Å²) in [6, 6.07) is 12.5. The molecule has 204 valence electrons. The summed E-state index contributed by atoms with van der Waals surface area (Å²) in [6.45, 7) is 4.33. The summed E-state index contributed by atoms with van der Waals surface area (Å²) in [7, 11) is 4.82. The van der Waals surface area contributed by atoms with E-state index in [1.54, 1.807) is 36.0 Å². The van der Waals surface area contributed by atoms with E-state index >= 15 is 0 Å². The van der Waals surface area contributed by atoms with Crippen molar-refractivity contribution in [3.63, 3.8) is 0 Å². The monoisotopic (exact) mass is 533 g/mol. The Morgan fingerprint density at radius 2 is 1.95 bits per heavy atom. The zero-order valence-electron chi connectivity index (χ0n) is 25.4. The maximum Gasteiger partial charge on any atom is 0.334 e. The van der Waals surface area contributed by atoms with Crippen LogP contribution in [0.1, 0.15) is 11.0 Å². The molecule has 0 saturated carbocycles. The van der Waals surface area contributed by atoms with Gasteiger partial charge >= 0.3 is 5.69 Å². The number of nitrogens with zero attached hydrogens (tertiary/aromatic N) is 6. The molecule has 39 heavy (non-hydrogen) atoms. The second kappa shape index (κ2) is 11.8. The average molecular weight is 534 g/mol. The second-order valence-corrected chi connectivity index (χ2v) is 8.82. The summed E-state index contributed by atoms with van der Waals surface area (Å²) in [5.41, 5.74) is 2.78. The normalized spacial score (nSPS) is 12.5. The average Bonchev–Trinajstić information content (AvgIpc) is 3.26. The minimum atomic E-state index is -2.22. The van der Waals surface area contributed by atoms with Gasteiger partial charge < -0.3 is 25.2 Å². The molecule has 4 aromatic rings. The summed E-state index contributed by atoms with van der Waals surface area (Å²) in [4.78, 5) is 37.6. The van der Waals surface area contributed by atoms with Gasteiger partial charge in [0, 0.05) is 49.1 Å². The summed E-state index contributed by atoms with van der Waals surface area (Å²) < 4.78 is 31.6. The number of ether oxygens (including phenoxy) is 1. The van der Waals surface area contributed by atoms with Crippen LogP contribution in [0.15, 0.2) is 66.1 Å². The van der Waals surface area contributed by atoms with Gasteiger partial charge in [-0.2, -0.15) is 4.98 Å². The van der Waals surface area contributed by atoms with Crippen molar-refractivity contribution >= 4 is 40.0 Å². The Kier molecular flexibility index (Phi) is 7.12. The lowest BCUT2D eigenvalue weighted by Gasteiger charge is -2.26. The Labute approximate surface area is 231 Å². The number of aryl methyl sites for hydroxylation is 1. The number of benzene rings is 2. The van der Waals surface area contributed by atoms with Gasteiger partial charge in [0.15, 0.2) is 0 Å². The van der Waals surface area contributed by atoms with Crippen LogP contribution in [0.25, 0.3) is 16.9 Å². The molecule has 0 aliphatic carbocycles. The van der Waals surface area contributed by atoms with E-state index in [1.807, 2.05) is 36.1 Å². The fourth-order valence-electron chi connectivity index (χ4n) is 4.25. The summed E-state index contributed by atoms with van der Waals surface area (Å²) >= 11 is 0. The number of amides is 1. The number of carbonyl (C=O) groups excluding carboxylic acids is 1. The number of methoxy groups -OCH3 is 1. The molecule has 0 aliphatic rings. The highest BCUT2D eigenvalue weighted by molar-refractivity contribution is 6.02.